The van der Waals surface area contributed by atoms with Crippen LogP contribution in [0.25, 0.3) is 65.7 Å². The van der Waals surface area contributed by atoms with Crippen LogP contribution in [0, 0.1) is 0 Å². The molecule has 11 aromatic rings. The predicted molar refractivity (Wildman–Crippen MR) is 246 cm³/mol. The average molecular weight is 766 g/mol. The van der Waals surface area contributed by atoms with Gasteiger partial charge in [0.1, 0.15) is 22.7 Å². The molecule has 0 bridgehead atoms. The maximum absolute atomic E-state index is 6.84. The van der Waals surface area contributed by atoms with E-state index in [4.69, 9.17) is 9.15 Å². The second-order valence-corrected chi connectivity index (χ2v) is 16.0. The fourth-order valence-electron chi connectivity index (χ4n) is 10.3. The quantitative estimate of drug-likeness (QED) is 0.178. The van der Waals surface area contributed by atoms with E-state index >= 15 is 0 Å². The van der Waals surface area contributed by atoms with Crippen LogP contribution in [0.1, 0.15) is 22.3 Å². The van der Waals surface area contributed by atoms with Crippen molar-refractivity contribution >= 4 is 60.5 Å². The maximum atomic E-state index is 6.84. The van der Waals surface area contributed by atoms with E-state index in [0.29, 0.717) is 0 Å². The Kier molecular flexibility index (Phi) is 6.93. The molecule has 1 spiro atoms. The molecule has 13 rings (SSSR count). The first-order valence-corrected chi connectivity index (χ1v) is 20.6. The molecule has 60 heavy (non-hydrogen) atoms. The summed E-state index contributed by atoms with van der Waals surface area (Å²) in [6.45, 7) is 0. The summed E-state index contributed by atoms with van der Waals surface area (Å²) in [5.74, 6) is 1.77. The first kappa shape index (κ1) is 33.1. The van der Waals surface area contributed by atoms with Gasteiger partial charge in [0.15, 0.2) is 0 Å². The third kappa shape index (κ3) is 4.60. The van der Waals surface area contributed by atoms with Crippen LogP contribution in [0.4, 0.5) is 17.1 Å². The van der Waals surface area contributed by atoms with Gasteiger partial charge >= 0.3 is 0 Å². The Bertz CT molecular complexity index is 3490. The summed E-state index contributed by atoms with van der Waals surface area (Å²) in [6, 6.07) is 76.5. The molecule has 0 atom stereocenters. The SMILES string of the molecule is c1ccc2c(c1)Oc1cc(-c3ccc(N(c4ccc5c(c4)oc4c6ccccc6ccc54)c4cccc5ccccc45)cc3)ccc1C21c2ccccc2-c2ccccc21. The largest absolute Gasteiger partial charge is 0.457 e. The van der Waals surface area contributed by atoms with Gasteiger partial charge in [-0.1, -0.05) is 158 Å². The molecule has 2 aliphatic rings. The fraction of sp³-hybridized carbons (Fsp3) is 0.0175. The number of anilines is 3. The fourth-order valence-corrected chi connectivity index (χ4v) is 10.3. The van der Waals surface area contributed by atoms with E-state index in [2.05, 4.69) is 217 Å². The number of rotatable bonds is 4. The Morgan fingerprint density at radius 2 is 0.967 bits per heavy atom. The molecule has 280 valence electrons. The van der Waals surface area contributed by atoms with Crippen molar-refractivity contribution in [1.29, 1.82) is 0 Å². The van der Waals surface area contributed by atoms with Crippen LogP contribution < -0.4 is 9.64 Å². The smallest absolute Gasteiger partial charge is 0.143 e. The third-order valence-corrected chi connectivity index (χ3v) is 12.9. The average Bonchev–Trinajstić information content (AvgIpc) is 3.83. The minimum atomic E-state index is -0.479. The Labute approximate surface area is 347 Å². The van der Waals surface area contributed by atoms with E-state index in [-0.39, 0.29) is 0 Å². The van der Waals surface area contributed by atoms with Crippen molar-refractivity contribution in [3.63, 3.8) is 0 Å². The third-order valence-electron chi connectivity index (χ3n) is 12.9. The highest BCUT2D eigenvalue weighted by atomic mass is 16.5. The number of hydrogen-bond donors (Lipinski definition) is 0. The highest BCUT2D eigenvalue weighted by Gasteiger charge is 2.50. The number of benzene rings is 10. The zero-order valence-electron chi connectivity index (χ0n) is 32.5. The minimum absolute atomic E-state index is 0.479. The zero-order valence-corrected chi connectivity index (χ0v) is 32.5. The second-order valence-electron chi connectivity index (χ2n) is 16.0. The van der Waals surface area contributed by atoms with Crippen molar-refractivity contribution in [3.8, 4) is 33.8 Å². The standard InChI is InChI=1S/C57H35NO2/c1-3-15-42-37(12-1)14-11-22-52(42)58(41-30-32-46-47-31-26-38-13-2-4-16-43(38)56(47)60-54(46)35-41)40-28-24-36(25-29-40)39-27-33-51-55(34-39)59-53-23-10-9-21-50(53)57(51)48-19-7-5-17-44(48)45-18-6-8-20-49(45)57/h1-35H. The summed E-state index contributed by atoms with van der Waals surface area (Å²) in [5, 5.41) is 6.90. The number of hydrogen-bond acceptors (Lipinski definition) is 3. The molecular formula is C57H35NO2. The van der Waals surface area contributed by atoms with Gasteiger partial charge in [0.05, 0.1) is 11.1 Å². The minimum Gasteiger partial charge on any atom is -0.457 e. The van der Waals surface area contributed by atoms with Crippen LogP contribution in [-0.2, 0) is 5.41 Å². The molecule has 0 amide bonds. The van der Waals surface area contributed by atoms with Gasteiger partial charge in [0.25, 0.3) is 0 Å². The van der Waals surface area contributed by atoms with Gasteiger partial charge in [-0.25, -0.2) is 0 Å². The summed E-state index contributed by atoms with van der Waals surface area (Å²) in [5.41, 5.74) is 14.2. The van der Waals surface area contributed by atoms with Gasteiger partial charge in [0.2, 0.25) is 0 Å². The number of nitrogens with zero attached hydrogens (tertiary/aromatic N) is 1. The van der Waals surface area contributed by atoms with Crippen molar-refractivity contribution in [2.24, 2.45) is 0 Å². The Morgan fingerprint density at radius 1 is 0.367 bits per heavy atom. The van der Waals surface area contributed by atoms with Gasteiger partial charge in [-0.3, -0.25) is 0 Å². The number of furan rings is 1. The Morgan fingerprint density at radius 3 is 1.77 bits per heavy atom. The molecule has 0 saturated heterocycles. The molecular weight excluding hydrogens is 731 g/mol. The summed E-state index contributed by atoms with van der Waals surface area (Å²) in [7, 11) is 0. The lowest BCUT2D eigenvalue weighted by Gasteiger charge is -2.39. The van der Waals surface area contributed by atoms with E-state index in [1.807, 2.05) is 0 Å². The molecule has 0 radical (unpaired) electrons. The van der Waals surface area contributed by atoms with Crippen LogP contribution in [-0.4, -0.2) is 0 Å². The van der Waals surface area contributed by atoms with Crippen LogP contribution in [0.2, 0.25) is 0 Å². The van der Waals surface area contributed by atoms with E-state index in [0.717, 1.165) is 72.6 Å². The monoisotopic (exact) mass is 765 g/mol. The first-order valence-electron chi connectivity index (χ1n) is 20.6. The maximum Gasteiger partial charge on any atom is 0.143 e. The number of para-hydroxylation sites is 1. The summed E-state index contributed by atoms with van der Waals surface area (Å²) in [6.07, 6.45) is 0. The lowest BCUT2D eigenvalue weighted by atomic mass is 9.66. The predicted octanol–water partition coefficient (Wildman–Crippen LogP) is 15.5. The van der Waals surface area contributed by atoms with Crippen LogP contribution >= 0.6 is 0 Å². The Hall–Kier alpha value is -7.88. The van der Waals surface area contributed by atoms with Crippen molar-refractivity contribution in [2.45, 2.75) is 5.41 Å². The summed E-state index contributed by atoms with van der Waals surface area (Å²) < 4.78 is 13.5. The molecule has 1 aliphatic heterocycles. The molecule has 1 aromatic heterocycles. The summed E-state index contributed by atoms with van der Waals surface area (Å²) in [4.78, 5) is 2.35. The lowest BCUT2D eigenvalue weighted by molar-refractivity contribution is 0.436. The van der Waals surface area contributed by atoms with Gasteiger partial charge < -0.3 is 14.1 Å². The zero-order chi connectivity index (χ0) is 39.4. The number of ether oxygens (including phenoxy) is 1. The summed E-state index contributed by atoms with van der Waals surface area (Å²) >= 11 is 0. The van der Waals surface area contributed by atoms with Gasteiger partial charge in [-0.05, 0) is 92.7 Å². The molecule has 0 saturated carbocycles. The van der Waals surface area contributed by atoms with Crippen LogP contribution in [0.15, 0.2) is 217 Å². The van der Waals surface area contributed by atoms with Crippen molar-refractivity contribution < 1.29 is 9.15 Å². The van der Waals surface area contributed by atoms with Crippen LogP contribution in [0.3, 0.4) is 0 Å². The second kappa shape index (κ2) is 12.6. The van der Waals surface area contributed by atoms with E-state index < -0.39 is 5.41 Å². The molecule has 1 aliphatic carbocycles. The number of fused-ring (bicyclic) bond motifs is 15. The van der Waals surface area contributed by atoms with Crippen molar-refractivity contribution in [3.05, 3.63) is 235 Å². The van der Waals surface area contributed by atoms with Gasteiger partial charge in [0, 0.05) is 50.1 Å². The van der Waals surface area contributed by atoms with Crippen molar-refractivity contribution in [2.75, 3.05) is 4.90 Å². The lowest BCUT2D eigenvalue weighted by Crippen LogP contribution is -2.32. The normalized spacial score (nSPS) is 13.3. The highest BCUT2D eigenvalue weighted by Crippen LogP contribution is 2.62. The highest BCUT2D eigenvalue weighted by molar-refractivity contribution is 6.15. The molecule has 10 aromatic carbocycles. The van der Waals surface area contributed by atoms with Gasteiger partial charge in [-0.2, -0.15) is 0 Å². The van der Waals surface area contributed by atoms with Crippen molar-refractivity contribution in [1.82, 2.24) is 0 Å². The van der Waals surface area contributed by atoms with E-state index in [9.17, 15) is 0 Å². The van der Waals surface area contributed by atoms with E-state index in [1.54, 1.807) is 0 Å². The molecule has 3 heteroatoms. The molecule has 2 heterocycles. The molecule has 0 unspecified atom stereocenters. The van der Waals surface area contributed by atoms with E-state index in [1.165, 1.54) is 44.0 Å². The molecule has 3 nitrogen and oxygen atoms in total. The topological polar surface area (TPSA) is 25.6 Å². The Balaban J connectivity index is 0.946. The first-order chi connectivity index (χ1) is 29.7. The van der Waals surface area contributed by atoms with Crippen LogP contribution in [0.5, 0.6) is 11.5 Å². The molecule has 0 N–H and O–H groups in total. The van der Waals surface area contributed by atoms with Gasteiger partial charge in [-0.15, -0.1) is 0 Å². The molecule has 0 fully saturated rings.